The highest BCUT2D eigenvalue weighted by molar-refractivity contribution is 5.98. The van der Waals surface area contributed by atoms with Crippen molar-refractivity contribution in [3.63, 3.8) is 0 Å². The maximum atomic E-state index is 10.6. The van der Waals surface area contributed by atoms with Crippen LogP contribution >= 0.6 is 0 Å². The lowest BCUT2D eigenvalue weighted by molar-refractivity contribution is -0.384. The van der Waals surface area contributed by atoms with Crippen LogP contribution in [0.15, 0.2) is 65.7 Å². The smallest absolute Gasteiger partial charge is 0.269 e. The van der Waals surface area contributed by atoms with E-state index in [4.69, 9.17) is 5.11 Å². The number of benzene rings is 3. The Morgan fingerprint density at radius 3 is 2.25 bits per heavy atom. The zero-order chi connectivity index (χ0) is 17.5. The molecule has 6 heteroatoms. The summed E-state index contributed by atoms with van der Waals surface area (Å²) < 4.78 is 0. The van der Waals surface area contributed by atoms with E-state index in [0.717, 1.165) is 29.1 Å². The van der Waals surface area contributed by atoms with Crippen LogP contribution in [0.5, 0.6) is 5.75 Å². The predicted octanol–water partition coefficient (Wildman–Crippen LogP) is 3.81. The molecule has 24 heavy (non-hydrogen) atoms. The normalized spacial score (nSPS) is 10.4. The van der Waals surface area contributed by atoms with Crippen LogP contribution in [0.25, 0.3) is 10.8 Å². The molecule has 2 N–H and O–H groups in total. The number of hydrogen-bond donors (Lipinski definition) is 2. The lowest BCUT2D eigenvalue weighted by atomic mass is 10.1. The van der Waals surface area contributed by atoms with Gasteiger partial charge in [-0.15, -0.1) is 0 Å². The number of aliphatic imine (C=N–C) groups is 1. The molecule has 0 unspecified atom stereocenters. The molecule has 3 aromatic carbocycles. The second-order valence-electron chi connectivity index (χ2n) is 4.76. The minimum atomic E-state index is -0.436. The summed E-state index contributed by atoms with van der Waals surface area (Å²) in [7, 11) is 1.00. The molecule has 0 aliphatic rings. The van der Waals surface area contributed by atoms with Gasteiger partial charge < -0.3 is 10.2 Å². The fourth-order valence-corrected chi connectivity index (χ4v) is 2.22. The third-order valence-electron chi connectivity index (χ3n) is 3.33. The van der Waals surface area contributed by atoms with Gasteiger partial charge in [0.25, 0.3) is 5.69 Å². The molecule has 0 aliphatic carbocycles. The van der Waals surface area contributed by atoms with Crippen LogP contribution in [0.4, 0.5) is 11.4 Å². The molecule has 0 saturated heterocycles. The summed E-state index contributed by atoms with van der Waals surface area (Å²) in [6.45, 7) is 0. The minimum absolute atomic E-state index is 0.0484. The average Bonchev–Trinajstić information content (AvgIpc) is 2.62. The third kappa shape index (κ3) is 3.74. The lowest BCUT2D eigenvalue weighted by Crippen LogP contribution is -1.88. The Morgan fingerprint density at radius 1 is 0.958 bits per heavy atom. The summed E-state index contributed by atoms with van der Waals surface area (Å²) in [5.74, 6) is 0.213. The maximum Gasteiger partial charge on any atom is 0.269 e. The largest absolute Gasteiger partial charge is 0.507 e. The van der Waals surface area contributed by atoms with E-state index in [1.165, 1.54) is 12.1 Å². The standard InChI is InChI=1S/C17H12N2O3.CH4O/c20-17-6-2-3-14-15(17)4-1-5-16(14)18-11-12-7-9-13(10-8-12)19(21)22;1-2/h1-11,20H;2H,1H3. The van der Waals surface area contributed by atoms with Gasteiger partial charge >= 0.3 is 0 Å². The summed E-state index contributed by atoms with van der Waals surface area (Å²) in [5, 5.41) is 29.1. The highest BCUT2D eigenvalue weighted by Crippen LogP contribution is 2.31. The van der Waals surface area contributed by atoms with Crippen molar-refractivity contribution in [2.45, 2.75) is 0 Å². The van der Waals surface area contributed by atoms with E-state index in [-0.39, 0.29) is 11.4 Å². The number of aliphatic hydroxyl groups excluding tert-OH is 1. The molecule has 0 amide bonds. The molecule has 6 nitrogen and oxygen atoms in total. The number of non-ortho nitro benzene ring substituents is 1. The fourth-order valence-electron chi connectivity index (χ4n) is 2.22. The summed E-state index contributed by atoms with van der Waals surface area (Å²) in [4.78, 5) is 14.6. The number of phenolic OH excluding ortho intramolecular Hbond substituents is 1. The first kappa shape index (κ1) is 17.1. The first-order chi connectivity index (χ1) is 11.6. The quantitative estimate of drug-likeness (QED) is 0.435. The molecule has 0 radical (unpaired) electrons. The van der Waals surface area contributed by atoms with E-state index >= 15 is 0 Å². The first-order valence-electron chi connectivity index (χ1n) is 7.09. The van der Waals surface area contributed by atoms with Gasteiger partial charge in [0.05, 0.1) is 10.6 Å². The van der Waals surface area contributed by atoms with E-state index in [9.17, 15) is 15.2 Å². The Hall–Kier alpha value is -3.25. The van der Waals surface area contributed by atoms with Crippen LogP contribution in [-0.4, -0.2) is 28.5 Å². The summed E-state index contributed by atoms with van der Waals surface area (Å²) in [6, 6.07) is 17.0. The van der Waals surface area contributed by atoms with Crippen molar-refractivity contribution >= 4 is 28.4 Å². The zero-order valence-corrected chi connectivity index (χ0v) is 13.0. The van der Waals surface area contributed by atoms with Crippen molar-refractivity contribution in [3.8, 4) is 5.75 Å². The van der Waals surface area contributed by atoms with E-state index in [1.807, 2.05) is 24.3 Å². The van der Waals surface area contributed by atoms with Crippen molar-refractivity contribution < 1.29 is 15.1 Å². The van der Waals surface area contributed by atoms with Crippen LogP contribution in [0.3, 0.4) is 0 Å². The molecule has 3 aromatic rings. The Kier molecular flexibility index (Phi) is 5.59. The minimum Gasteiger partial charge on any atom is -0.507 e. The predicted molar refractivity (Wildman–Crippen MR) is 94.1 cm³/mol. The Bertz CT molecular complexity index is 874. The Morgan fingerprint density at radius 2 is 1.58 bits per heavy atom. The molecule has 0 bridgehead atoms. The summed E-state index contributed by atoms with van der Waals surface area (Å²) in [6.07, 6.45) is 1.64. The number of hydrogen-bond acceptors (Lipinski definition) is 5. The first-order valence-corrected chi connectivity index (χ1v) is 7.09. The third-order valence-corrected chi connectivity index (χ3v) is 3.33. The Labute approximate surface area is 138 Å². The molecule has 0 atom stereocenters. The molecule has 3 rings (SSSR count). The lowest BCUT2D eigenvalue weighted by Gasteiger charge is -2.03. The van der Waals surface area contributed by atoms with Gasteiger partial charge in [-0.05, 0) is 29.8 Å². The van der Waals surface area contributed by atoms with Crippen LogP contribution in [-0.2, 0) is 0 Å². The van der Waals surface area contributed by atoms with Crippen molar-refractivity contribution in [2.24, 2.45) is 4.99 Å². The molecular formula is C18H16N2O4. The molecule has 0 spiro atoms. The van der Waals surface area contributed by atoms with Crippen LogP contribution in [0.2, 0.25) is 0 Å². The summed E-state index contributed by atoms with van der Waals surface area (Å²) in [5.41, 5.74) is 1.54. The number of fused-ring (bicyclic) bond motifs is 1. The molecule has 0 fully saturated rings. The molecule has 0 aliphatic heterocycles. The van der Waals surface area contributed by atoms with Gasteiger partial charge in [-0.1, -0.05) is 24.3 Å². The van der Waals surface area contributed by atoms with Gasteiger partial charge in [0.15, 0.2) is 0 Å². The van der Waals surface area contributed by atoms with E-state index in [0.29, 0.717) is 0 Å². The van der Waals surface area contributed by atoms with Gasteiger partial charge in [0, 0.05) is 36.2 Å². The number of aromatic hydroxyl groups is 1. The second kappa shape index (κ2) is 7.85. The molecule has 122 valence electrons. The van der Waals surface area contributed by atoms with Gasteiger partial charge in [-0.3, -0.25) is 15.1 Å². The number of nitrogens with zero attached hydrogens (tertiary/aromatic N) is 2. The van der Waals surface area contributed by atoms with Crippen molar-refractivity contribution in [1.82, 2.24) is 0 Å². The Balaban J connectivity index is 0.00000100. The molecule has 0 heterocycles. The van der Waals surface area contributed by atoms with Crippen LogP contribution in [0.1, 0.15) is 5.56 Å². The second-order valence-corrected chi connectivity index (χ2v) is 4.76. The number of nitro benzene ring substituents is 1. The van der Waals surface area contributed by atoms with Gasteiger partial charge in [-0.2, -0.15) is 0 Å². The van der Waals surface area contributed by atoms with Crippen molar-refractivity contribution in [3.05, 3.63) is 76.3 Å². The maximum absolute atomic E-state index is 10.6. The van der Waals surface area contributed by atoms with Gasteiger partial charge in [-0.25, -0.2) is 0 Å². The van der Waals surface area contributed by atoms with E-state index < -0.39 is 4.92 Å². The zero-order valence-electron chi connectivity index (χ0n) is 13.0. The van der Waals surface area contributed by atoms with Gasteiger partial charge in [0.2, 0.25) is 0 Å². The number of nitro groups is 1. The number of aliphatic hydroxyl groups is 1. The van der Waals surface area contributed by atoms with Gasteiger partial charge in [0.1, 0.15) is 5.75 Å². The topological polar surface area (TPSA) is 96.0 Å². The van der Waals surface area contributed by atoms with E-state index in [1.54, 1.807) is 30.5 Å². The number of phenols is 1. The molecular weight excluding hydrogens is 308 g/mol. The van der Waals surface area contributed by atoms with Crippen LogP contribution in [0, 0.1) is 10.1 Å². The molecule has 0 saturated carbocycles. The van der Waals surface area contributed by atoms with Crippen LogP contribution < -0.4 is 0 Å². The SMILES string of the molecule is CO.O=[N+]([O-])c1ccc(C=Nc2cccc3c(O)cccc23)cc1. The van der Waals surface area contributed by atoms with Crippen molar-refractivity contribution in [1.29, 1.82) is 0 Å². The average molecular weight is 324 g/mol. The fraction of sp³-hybridized carbons (Fsp3) is 0.0556. The molecule has 0 aromatic heterocycles. The number of rotatable bonds is 3. The summed E-state index contributed by atoms with van der Waals surface area (Å²) >= 11 is 0. The monoisotopic (exact) mass is 324 g/mol. The highest BCUT2D eigenvalue weighted by atomic mass is 16.6. The van der Waals surface area contributed by atoms with Crippen molar-refractivity contribution in [2.75, 3.05) is 7.11 Å². The van der Waals surface area contributed by atoms with E-state index in [2.05, 4.69) is 4.99 Å². The highest BCUT2D eigenvalue weighted by Gasteiger charge is 2.04.